The number of hydrogen-bond acceptors (Lipinski definition) is 2. The number of ketones is 1. The number of pyridine rings is 1. The molecule has 0 aliphatic heterocycles. The number of hydrogen-bond donors (Lipinski definition) is 0. The van der Waals surface area contributed by atoms with Crippen LogP contribution in [0.3, 0.4) is 0 Å². The molecule has 0 fully saturated rings. The van der Waals surface area contributed by atoms with Crippen LogP contribution in [0.4, 0.5) is 0 Å². The Morgan fingerprint density at radius 1 is 1.05 bits per heavy atom. The van der Waals surface area contributed by atoms with Crippen LogP contribution >= 0.6 is 0 Å². The van der Waals surface area contributed by atoms with Crippen LogP contribution in [0.1, 0.15) is 10.4 Å². The number of nitrogens with zero attached hydrogens (tertiary/aromatic N) is 1. The molecular formula is C18H16BrNO2. The lowest BCUT2D eigenvalue weighted by molar-refractivity contribution is -0.681. The van der Waals surface area contributed by atoms with Gasteiger partial charge in [0.15, 0.2) is 12.4 Å². The van der Waals surface area contributed by atoms with E-state index >= 15 is 0 Å². The maximum atomic E-state index is 12.3. The van der Waals surface area contributed by atoms with Crippen LogP contribution in [0.5, 0.6) is 5.75 Å². The Balaban J connectivity index is 0.00000176. The summed E-state index contributed by atoms with van der Waals surface area (Å²) in [6, 6.07) is 17.4. The SMILES string of the molecule is COc1cccc(C(=O)C[n+]2ccc3ccccc3c2)c1.[Br-]. The maximum Gasteiger partial charge on any atom is 0.227 e. The Morgan fingerprint density at radius 3 is 2.59 bits per heavy atom. The molecule has 2 aromatic carbocycles. The van der Waals surface area contributed by atoms with Gasteiger partial charge in [-0.25, -0.2) is 0 Å². The average Bonchev–Trinajstić information content (AvgIpc) is 2.54. The molecule has 0 saturated heterocycles. The Hall–Kier alpha value is -2.20. The number of Topliss-reactive ketones (excluding diaryl/α,β-unsaturated/α-hetero) is 1. The number of fused-ring (bicyclic) bond motifs is 1. The van der Waals surface area contributed by atoms with E-state index in [9.17, 15) is 4.79 Å². The van der Waals surface area contributed by atoms with Gasteiger partial charge in [-0.15, -0.1) is 0 Å². The lowest BCUT2D eigenvalue weighted by Crippen LogP contribution is -3.00. The van der Waals surface area contributed by atoms with E-state index in [1.807, 2.05) is 59.4 Å². The van der Waals surface area contributed by atoms with Crippen LogP contribution in [0, 0.1) is 0 Å². The zero-order chi connectivity index (χ0) is 14.7. The number of carbonyl (C=O) groups excluding carboxylic acids is 1. The molecule has 0 aliphatic rings. The predicted molar refractivity (Wildman–Crippen MR) is 81.5 cm³/mol. The molecule has 0 saturated carbocycles. The topological polar surface area (TPSA) is 30.2 Å². The molecule has 0 aliphatic carbocycles. The molecule has 0 radical (unpaired) electrons. The van der Waals surface area contributed by atoms with Crippen LogP contribution < -0.4 is 26.3 Å². The van der Waals surface area contributed by atoms with Crippen molar-refractivity contribution in [1.29, 1.82) is 0 Å². The molecule has 112 valence electrons. The van der Waals surface area contributed by atoms with Crippen LogP contribution in [0.15, 0.2) is 67.0 Å². The van der Waals surface area contributed by atoms with E-state index in [0.29, 0.717) is 17.9 Å². The molecule has 22 heavy (non-hydrogen) atoms. The van der Waals surface area contributed by atoms with Gasteiger partial charge >= 0.3 is 0 Å². The molecule has 3 rings (SSSR count). The molecule has 0 atom stereocenters. The first-order chi connectivity index (χ1) is 10.3. The number of carbonyl (C=O) groups is 1. The normalized spacial score (nSPS) is 10.0. The summed E-state index contributed by atoms with van der Waals surface area (Å²) in [6.45, 7) is 0.317. The fourth-order valence-corrected chi connectivity index (χ4v) is 2.33. The van der Waals surface area contributed by atoms with Crippen LogP contribution in [-0.2, 0) is 6.54 Å². The third kappa shape index (κ3) is 3.52. The first-order valence-electron chi connectivity index (χ1n) is 6.81. The Labute approximate surface area is 139 Å². The molecule has 3 aromatic rings. The van der Waals surface area contributed by atoms with Crippen molar-refractivity contribution in [2.75, 3.05) is 7.11 Å². The summed E-state index contributed by atoms with van der Waals surface area (Å²) in [5.41, 5.74) is 0.662. The van der Waals surface area contributed by atoms with E-state index in [1.165, 1.54) is 5.39 Å². The molecule has 0 bridgehead atoms. The summed E-state index contributed by atoms with van der Waals surface area (Å²) in [5, 5.41) is 2.29. The number of ether oxygens (including phenoxy) is 1. The van der Waals surface area contributed by atoms with E-state index < -0.39 is 0 Å². The van der Waals surface area contributed by atoms with Crippen molar-refractivity contribution in [3.05, 3.63) is 72.6 Å². The summed E-state index contributed by atoms with van der Waals surface area (Å²) < 4.78 is 7.06. The quantitative estimate of drug-likeness (QED) is 0.487. The molecule has 0 unspecified atom stereocenters. The Kier molecular flexibility index (Phi) is 5.28. The third-order valence-corrected chi connectivity index (χ3v) is 3.46. The molecular weight excluding hydrogens is 342 g/mol. The van der Waals surface area contributed by atoms with E-state index in [-0.39, 0.29) is 22.8 Å². The van der Waals surface area contributed by atoms with Gasteiger partial charge in [-0.2, -0.15) is 4.57 Å². The Morgan fingerprint density at radius 2 is 1.82 bits per heavy atom. The van der Waals surface area contributed by atoms with Crippen LogP contribution in [0.25, 0.3) is 10.8 Å². The Bertz CT molecular complexity index is 802. The minimum absolute atomic E-state index is 0. The summed E-state index contributed by atoms with van der Waals surface area (Å²) in [4.78, 5) is 12.3. The van der Waals surface area contributed by atoms with Crippen molar-refractivity contribution in [2.24, 2.45) is 0 Å². The molecule has 1 aromatic heterocycles. The van der Waals surface area contributed by atoms with Gasteiger partial charge in [-0.1, -0.05) is 30.3 Å². The fourth-order valence-electron chi connectivity index (χ4n) is 2.33. The minimum atomic E-state index is 0. The van der Waals surface area contributed by atoms with Crippen molar-refractivity contribution in [1.82, 2.24) is 0 Å². The first-order valence-corrected chi connectivity index (χ1v) is 6.81. The van der Waals surface area contributed by atoms with Gasteiger partial charge in [-0.05, 0) is 23.6 Å². The van der Waals surface area contributed by atoms with Gasteiger partial charge in [0.1, 0.15) is 5.75 Å². The van der Waals surface area contributed by atoms with E-state index in [2.05, 4.69) is 6.07 Å². The zero-order valence-electron chi connectivity index (χ0n) is 12.2. The first kappa shape index (κ1) is 16.2. The highest BCUT2D eigenvalue weighted by atomic mass is 79.9. The van der Waals surface area contributed by atoms with Crippen molar-refractivity contribution in [2.45, 2.75) is 6.54 Å². The number of rotatable bonds is 4. The van der Waals surface area contributed by atoms with Gasteiger partial charge in [0.25, 0.3) is 0 Å². The van der Waals surface area contributed by atoms with Crippen LogP contribution in [0.2, 0.25) is 0 Å². The highest BCUT2D eigenvalue weighted by Crippen LogP contribution is 2.13. The minimum Gasteiger partial charge on any atom is -1.00 e. The van der Waals surface area contributed by atoms with Crippen molar-refractivity contribution in [3.63, 3.8) is 0 Å². The van der Waals surface area contributed by atoms with Crippen LogP contribution in [-0.4, -0.2) is 12.9 Å². The summed E-state index contributed by atoms with van der Waals surface area (Å²) >= 11 is 0. The highest BCUT2D eigenvalue weighted by Gasteiger charge is 2.13. The molecule has 1 heterocycles. The molecule has 4 heteroatoms. The zero-order valence-corrected chi connectivity index (χ0v) is 13.8. The lowest BCUT2D eigenvalue weighted by atomic mass is 10.1. The number of aromatic nitrogens is 1. The summed E-state index contributed by atoms with van der Waals surface area (Å²) in [6.07, 6.45) is 3.92. The van der Waals surface area contributed by atoms with Crippen molar-refractivity contribution < 1.29 is 31.1 Å². The molecule has 0 spiro atoms. The molecule has 0 N–H and O–H groups in total. The smallest absolute Gasteiger partial charge is 0.227 e. The third-order valence-electron chi connectivity index (χ3n) is 3.46. The largest absolute Gasteiger partial charge is 1.00 e. The molecule has 3 nitrogen and oxygen atoms in total. The number of benzene rings is 2. The van der Waals surface area contributed by atoms with Crippen molar-refractivity contribution >= 4 is 16.6 Å². The standard InChI is InChI=1S/C18H16NO2.BrH/c1-21-17-8-4-7-15(11-17)18(20)13-19-10-9-14-5-2-3-6-16(14)12-19;/h2-12H,13H2,1H3;1H/q+1;/p-1. The van der Waals surface area contributed by atoms with E-state index in [0.717, 1.165) is 5.39 Å². The van der Waals surface area contributed by atoms with Gasteiger partial charge < -0.3 is 21.7 Å². The average molecular weight is 358 g/mol. The predicted octanol–water partition coefficient (Wildman–Crippen LogP) is 0.0228. The van der Waals surface area contributed by atoms with E-state index in [1.54, 1.807) is 13.2 Å². The van der Waals surface area contributed by atoms with E-state index in [4.69, 9.17) is 4.74 Å². The van der Waals surface area contributed by atoms with Crippen molar-refractivity contribution in [3.8, 4) is 5.75 Å². The summed E-state index contributed by atoms with van der Waals surface area (Å²) in [7, 11) is 1.60. The highest BCUT2D eigenvalue weighted by molar-refractivity contribution is 5.95. The van der Waals surface area contributed by atoms with Gasteiger partial charge in [-0.3, -0.25) is 4.79 Å². The second-order valence-corrected chi connectivity index (χ2v) is 4.90. The monoisotopic (exact) mass is 357 g/mol. The second-order valence-electron chi connectivity index (χ2n) is 4.90. The van der Waals surface area contributed by atoms with Gasteiger partial charge in [0.2, 0.25) is 12.3 Å². The fraction of sp³-hybridized carbons (Fsp3) is 0.111. The number of methoxy groups -OCH3 is 1. The molecule has 0 amide bonds. The van der Waals surface area contributed by atoms with Gasteiger partial charge in [0.05, 0.1) is 7.11 Å². The second kappa shape index (κ2) is 7.18. The summed E-state index contributed by atoms with van der Waals surface area (Å²) in [5.74, 6) is 0.763. The maximum absolute atomic E-state index is 12.3. The number of halogens is 1. The van der Waals surface area contributed by atoms with Gasteiger partial charge in [0, 0.05) is 17.0 Å². The lowest BCUT2D eigenvalue weighted by Gasteiger charge is -2.02.